The third-order valence-corrected chi connectivity index (χ3v) is 4.88. The molecule has 1 saturated heterocycles. The summed E-state index contributed by atoms with van der Waals surface area (Å²) in [5.74, 6) is -1.78. The average Bonchev–Trinajstić information content (AvgIpc) is 3.36. The number of nitrogens with two attached hydrogens (primary N) is 1. The van der Waals surface area contributed by atoms with Gasteiger partial charge < -0.3 is 20.4 Å². The highest BCUT2D eigenvalue weighted by molar-refractivity contribution is 5.84. The summed E-state index contributed by atoms with van der Waals surface area (Å²) in [6, 6.07) is 2.78. The van der Waals surface area contributed by atoms with Gasteiger partial charge in [0, 0.05) is 33.1 Å². The number of carbonyl (C=O) groups is 1. The van der Waals surface area contributed by atoms with Gasteiger partial charge >= 0.3 is 0 Å². The average molecular weight is 435 g/mol. The monoisotopic (exact) mass is 435 g/mol. The van der Waals surface area contributed by atoms with Crippen LogP contribution in [0.25, 0.3) is 17.4 Å². The van der Waals surface area contributed by atoms with Crippen molar-refractivity contribution in [3.8, 4) is 11.6 Å². The molecule has 0 spiro atoms. The number of hydrogen-bond acceptors (Lipinski definition) is 9. The number of nitrogen functional groups attached to an aromatic ring is 1. The van der Waals surface area contributed by atoms with E-state index in [1.807, 2.05) is 0 Å². The maximum absolute atomic E-state index is 13.2. The largest absolute Gasteiger partial charge is 0.461 e. The lowest BCUT2D eigenvalue weighted by molar-refractivity contribution is -0.134. The molecule has 3 aromatic heterocycles. The van der Waals surface area contributed by atoms with Crippen LogP contribution in [-0.4, -0.2) is 85.0 Å². The van der Waals surface area contributed by atoms with Crippen LogP contribution in [0, 0.1) is 0 Å². The van der Waals surface area contributed by atoms with Crippen molar-refractivity contribution in [1.29, 1.82) is 0 Å². The van der Waals surface area contributed by atoms with Gasteiger partial charge in [-0.1, -0.05) is 0 Å². The molecule has 3 aromatic rings. The quantitative estimate of drug-likeness (QED) is 0.581. The minimum Gasteiger partial charge on any atom is -0.461 e. The van der Waals surface area contributed by atoms with E-state index in [-0.39, 0.29) is 30.1 Å². The Bertz CT molecular complexity index is 1060. The van der Waals surface area contributed by atoms with E-state index in [9.17, 15) is 13.6 Å². The summed E-state index contributed by atoms with van der Waals surface area (Å²) in [7, 11) is 0. The second kappa shape index (κ2) is 8.06. The zero-order valence-corrected chi connectivity index (χ0v) is 17.1. The topological polar surface area (TPSA) is 131 Å². The van der Waals surface area contributed by atoms with Crippen LogP contribution in [0.15, 0.2) is 22.8 Å². The summed E-state index contributed by atoms with van der Waals surface area (Å²) in [6.45, 7) is 3.80. The number of amides is 1. The molecule has 31 heavy (non-hydrogen) atoms. The second-order valence-corrected chi connectivity index (χ2v) is 7.57. The maximum Gasteiger partial charge on any atom is 0.259 e. The van der Waals surface area contributed by atoms with Crippen molar-refractivity contribution < 1.29 is 18.0 Å². The smallest absolute Gasteiger partial charge is 0.259 e. The van der Waals surface area contributed by atoms with Crippen molar-refractivity contribution in [1.82, 2.24) is 34.4 Å². The summed E-state index contributed by atoms with van der Waals surface area (Å²) in [5, 5.41) is 7.15. The molecular weight excluding hydrogens is 412 g/mol. The van der Waals surface area contributed by atoms with Gasteiger partial charge in [0.05, 0.1) is 12.8 Å². The van der Waals surface area contributed by atoms with Gasteiger partial charge in [0.15, 0.2) is 5.76 Å². The Hall–Kier alpha value is -3.35. The van der Waals surface area contributed by atoms with Gasteiger partial charge in [-0.25, -0.2) is 8.78 Å². The van der Waals surface area contributed by atoms with E-state index in [1.54, 1.807) is 28.9 Å². The third kappa shape index (κ3) is 4.71. The normalized spacial score (nSPS) is 16.6. The van der Waals surface area contributed by atoms with Crippen LogP contribution in [0.1, 0.15) is 13.8 Å². The molecule has 1 fully saturated rings. The number of piperazine rings is 1. The fraction of sp³-hybridized carbons (Fsp3) is 0.500. The summed E-state index contributed by atoms with van der Waals surface area (Å²) in [4.78, 5) is 28.7. The van der Waals surface area contributed by atoms with Crippen molar-refractivity contribution in [2.24, 2.45) is 0 Å². The standard InChI is InChI=1S/C18H23F2N9O2/c1-11(14(30)28-7-5-27(6-8-28)10-18(2,19)20)22-16-24-15(21)29-17(25-16)23-13(26-29)12-4-3-9-31-12/h3-4,9,11H,5-8,10H2,1-2H3,(H3,21,22,23,24,25,26)/t11-/m0/s1. The van der Waals surface area contributed by atoms with Crippen molar-refractivity contribution >= 4 is 23.6 Å². The number of rotatable bonds is 6. The maximum atomic E-state index is 13.2. The van der Waals surface area contributed by atoms with Crippen LogP contribution < -0.4 is 11.1 Å². The zero-order valence-electron chi connectivity index (χ0n) is 17.1. The van der Waals surface area contributed by atoms with E-state index < -0.39 is 12.0 Å². The number of anilines is 2. The molecule has 1 atom stereocenters. The third-order valence-electron chi connectivity index (χ3n) is 4.88. The molecule has 1 aliphatic rings. The fourth-order valence-corrected chi connectivity index (χ4v) is 3.43. The van der Waals surface area contributed by atoms with E-state index >= 15 is 0 Å². The molecule has 0 radical (unpaired) electrons. The molecule has 3 N–H and O–H groups in total. The minimum atomic E-state index is -2.75. The lowest BCUT2D eigenvalue weighted by atomic mass is 10.2. The number of alkyl halides is 2. The van der Waals surface area contributed by atoms with E-state index in [4.69, 9.17) is 10.2 Å². The number of nitrogens with one attached hydrogen (secondary N) is 1. The van der Waals surface area contributed by atoms with E-state index in [0.29, 0.717) is 37.8 Å². The molecule has 4 rings (SSSR count). The lowest BCUT2D eigenvalue weighted by Crippen LogP contribution is -2.53. The molecule has 166 valence electrons. The van der Waals surface area contributed by atoms with Gasteiger partial charge in [-0.2, -0.15) is 19.5 Å². The number of aromatic nitrogens is 5. The SMILES string of the molecule is C[C@H](Nc1nc(N)n2nc(-c3ccco3)nc2n1)C(=O)N1CCN(CC(C)(F)F)CC1. The van der Waals surface area contributed by atoms with E-state index in [0.717, 1.165) is 6.92 Å². The van der Waals surface area contributed by atoms with Crippen molar-refractivity contribution in [3.63, 3.8) is 0 Å². The number of nitrogens with zero attached hydrogens (tertiary/aromatic N) is 7. The molecule has 0 bridgehead atoms. The van der Waals surface area contributed by atoms with Crippen LogP contribution in [0.3, 0.4) is 0 Å². The predicted molar refractivity (Wildman–Crippen MR) is 107 cm³/mol. The van der Waals surface area contributed by atoms with Gasteiger partial charge in [0.2, 0.25) is 23.6 Å². The summed E-state index contributed by atoms with van der Waals surface area (Å²) >= 11 is 0. The van der Waals surface area contributed by atoms with Crippen LogP contribution >= 0.6 is 0 Å². The Morgan fingerprint density at radius 2 is 2.03 bits per heavy atom. The number of furan rings is 1. The Labute approximate surface area is 176 Å². The molecule has 0 aliphatic carbocycles. The second-order valence-electron chi connectivity index (χ2n) is 7.57. The molecule has 13 heteroatoms. The molecule has 0 unspecified atom stereocenters. The Balaban J connectivity index is 1.41. The van der Waals surface area contributed by atoms with Gasteiger partial charge in [-0.15, -0.1) is 5.10 Å². The first-order valence-electron chi connectivity index (χ1n) is 9.79. The van der Waals surface area contributed by atoms with E-state index in [2.05, 4.69) is 25.4 Å². The molecular formula is C18H23F2N9O2. The van der Waals surface area contributed by atoms with Crippen LogP contribution in [0.2, 0.25) is 0 Å². The highest BCUT2D eigenvalue weighted by atomic mass is 19.3. The molecule has 0 aromatic carbocycles. The molecule has 11 nitrogen and oxygen atoms in total. The Kier molecular flexibility index (Phi) is 5.43. The predicted octanol–water partition coefficient (Wildman–Crippen LogP) is 0.961. The number of hydrogen-bond donors (Lipinski definition) is 2. The van der Waals surface area contributed by atoms with Crippen LogP contribution in [0.5, 0.6) is 0 Å². The van der Waals surface area contributed by atoms with Gasteiger partial charge in [0.25, 0.3) is 11.7 Å². The van der Waals surface area contributed by atoms with Crippen LogP contribution in [-0.2, 0) is 4.79 Å². The van der Waals surface area contributed by atoms with Crippen molar-refractivity contribution in [2.75, 3.05) is 43.8 Å². The van der Waals surface area contributed by atoms with Crippen LogP contribution in [0.4, 0.5) is 20.7 Å². The first-order chi connectivity index (χ1) is 14.7. The zero-order chi connectivity index (χ0) is 22.2. The van der Waals surface area contributed by atoms with Gasteiger partial charge in [0.1, 0.15) is 6.04 Å². The van der Waals surface area contributed by atoms with Gasteiger partial charge in [-0.05, 0) is 19.1 Å². The number of carbonyl (C=O) groups excluding carboxylic acids is 1. The Morgan fingerprint density at radius 1 is 1.29 bits per heavy atom. The highest BCUT2D eigenvalue weighted by Crippen LogP contribution is 2.18. The lowest BCUT2D eigenvalue weighted by Gasteiger charge is -2.36. The Morgan fingerprint density at radius 3 is 2.68 bits per heavy atom. The summed E-state index contributed by atoms with van der Waals surface area (Å²) in [6.07, 6.45) is 1.50. The first kappa shape index (κ1) is 20.9. The van der Waals surface area contributed by atoms with Gasteiger partial charge in [-0.3, -0.25) is 9.69 Å². The van der Waals surface area contributed by atoms with E-state index in [1.165, 1.54) is 10.8 Å². The van der Waals surface area contributed by atoms with Crippen molar-refractivity contribution in [3.05, 3.63) is 18.4 Å². The molecule has 1 aliphatic heterocycles. The minimum absolute atomic E-state index is 0.0477. The first-order valence-corrected chi connectivity index (χ1v) is 9.79. The fourth-order valence-electron chi connectivity index (χ4n) is 3.43. The number of fused-ring (bicyclic) bond motifs is 1. The van der Waals surface area contributed by atoms with Crippen molar-refractivity contribution in [2.45, 2.75) is 25.8 Å². The molecule has 0 saturated carbocycles. The summed E-state index contributed by atoms with van der Waals surface area (Å²) in [5.41, 5.74) is 5.96. The highest BCUT2D eigenvalue weighted by Gasteiger charge is 2.30. The number of halogens is 2. The molecule has 4 heterocycles. The molecule has 1 amide bonds. The summed E-state index contributed by atoms with van der Waals surface area (Å²) < 4.78 is 32.9.